The molecule has 1 unspecified atom stereocenters. The van der Waals surface area contributed by atoms with Crippen molar-refractivity contribution in [2.75, 3.05) is 13.1 Å². The van der Waals surface area contributed by atoms with E-state index in [9.17, 15) is 15.0 Å². The van der Waals surface area contributed by atoms with E-state index >= 15 is 0 Å². The molecule has 3 rings (SSSR count). The van der Waals surface area contributed by atoms with E-state index in [1.165, 1.54) is 12.1 Å². The Morgan fingerprint density at radius 1 is 1.08 bits per heavy atom. The lowest BCUT2D eigenvalue weighted by Gasteiger charge is -2.40. The molecule has 0 aliphatic carbocycles. The van der Waals surface area contributed by atoms with Crippen molar-refractivity contribution in [1.29, 1.82) is 0 Å². The van der Waals surface area contributed by atoms with Crippen LogP contribution in [0.1, 0.15) is 28.8 Å². The molecule has 132 valence electrons. The third-order valence-corrected chi connectivity index (χ3v) is 4.84. The quantitative estimate of drug-likeness (QED) is 0.670. The van der Waals surface area contributed by atoms with E-state index in [1.54, 1.807) is 12.1 Å². The Labute approximate surface area is 147 Å². The first-order valence-electron chi connectivity index (χ1n) is 8.64. The lowest BCUT2D eigenvalue weighted by atomic mass is 9.81. The highest BCUT2D eigenvalue weighted by Gasteiger charge is 2.38. The van der Waals surface area contributed by atoms with Gasteiger partial charge >= 0.3 is 0 Å². The van der Waals surface area contributed by atoms with Gasteiger partial charge in [-0.2, -0.15) is 0 Å². The van der Waals surface area contributed by atoms with Crippen LogP contribution in [-0.2, 0) is 6.42 Å². The van der Waals surface area contributed by atoms with Gasteiger partial charge in [0, 0.05) is 5.56 Å². The zero-order chi connectivity index (χ0) is 17.7. The minimum atomic E-state index is -0.937. The van der Waals surface area contributed by atoms with Crippen molar-refractivity contribution in [3.05, 3.63) is 65.7 Å². The summed E-state index contributed by atoms with van der Waals surface area (Å²) in [6, 6.07) is 15.6. The summed E-state index contributed by atoms with van der Waals surface area (Å²) < 4.78 is 0. The second-order valence-electron chi connectivity index (χ2n) is 6.62. The van der Waals surface area contributed by atoms with Gasteiger partial charge in [0.05, 0.1) is 11.6 Å². The zero-order valence-corrected chi connectivity index (χ0v) is 14.1. The highest BCUT2D eigenvalue weighted by Crippen LogP contribution is 2.25. The van der Waals surface area contributed by atoms with Gasteiger partial charge in [0.15, 0.2) is 0 Å². The van der Waals surface area contributed by atoms with Crippen LogP contribution in [0.2, 0.25) is 0 Å². The molecule has 25 heavy (non-hydrogen) atoms. The van der Waals surface area contributed by atoms with E-state index in [4.69, 9.17) is 0 Å². The van der Waals surface area contributed by atoms with Crippen molar-refractivity contribution in [2.24, 2.45) is 0 Å². The van der Waals surface area contributed by atoms with Gasteiger partial charge in [-0.1, -0.05) is 30.3 Å². The molecule has 4 N–H and O–H groups in total. The van der Waals surface area contributed by atoms with Crippen LogP contribution in [0.3, 0.4) is 0 Å². The van der Waals surface area contributed by atoms with Crippen LogP contribution in [0.5, 0.6) is 5.75 Å². The van der Waals surface area contributed by atoms with Crippen LogP contribution in [0, 0.1) is 0 Å². The van der Waals surface area contributed by atoms with Gasteiger partial charge in [-0.15, -0.1) is 0 Å². The first-order valence-corrected chi connectivity index (χ1v) is 8.64. The number of phenolic OH excluding ortho intramolecular Hbond substituents is 1. The Bertz CT molecular complexity index is 695. The molecule has 0 saturated carbocycles. The molecule has 1 fully saturated rings. The Balaban J connectivity index is 1.80. The van der Waals surface area contributed by atoms with Crippen molar-refractivity contribution >= 4 is 5.91 Å². The number of hydrogen-bond donors (Lipinski definition) is 4. The Morgan fingerprint density at radius 2 is 1.72 bits per heavy atom. The molecule has 1 heterocycles. The van der Waals surface area contributed by atoms with E-state index in [1.807, 2.05) is 30.3 Å². The zero-order valence-electron chi connectivity index (χ0n) is 14.1. The average Bonchev–Trinajstić information content (AvgIpc) is 2.63. The maximum atomic E-state index is 12.6. The summed E-state index contributed by atoms with van der Waals surface area (Å²) in [7, 11) is 0. The Kier molecular flexibility index (Phi) is 5.36. The molecule has 2 aromatic rings. The van der Waals surface area contributed by atoms with E-state index in [0.717, 1.165) is 18.7 Å². The standard InChI is InChI=1S/C20H24N2O3/c23-17-8-6-16(7-9-17)19(24)22-18(14-15-4-2-1-3-5-15)20(25)10-12-21-13-11-20/h1-9,18,21,23,25H,10-14H2,(H,22,24). The number of aliphatic hydroxyl groups is 1. The molecule has 5 heteroatoms. The van der Waals surface area contributed by atoms with Gasteiger partial charge in [-0.05, 0) is 62.2 Å². The molecule has 1 amide bonds. The number of rotatable bonds is 5. The number of nitrogens with one attached hydrogen (secondary N) is 2. The molecule has 2 aromatic carbocycles. The maximum Gasteiger partial charge on any atom is 0.251 e. The predicted molar refractivity (Wildman–Crippen MR) is 96.6 cm³/mol. The summed E-state index contributed by atoms with van der Waals surface area (Å²) in [6.45, 7) is 1.47. The number of carbonyl (C=O) groups is 1. The minimum absolute atomic E-state index is 0.120. The average molecular weight is 340 g/mol. The monoisotopic (exact) mass is 340 g/mol. The summed E-state index contributed by atoms with van der Waals surface area (Å²) in [6.07, 6.45) is 1.77. The second kappa shape index (κ2) is 7.68. The predicted octanol–water partition coefficient (Wildman–Crippen LogP) is 1.85. The third-order valence-electron chi connectivity index (χ3n) is 4.84. The maximum absolute atomic E-state index is 12.6. The molecule has 5 nitrogen and oxygen atoms in total. The van der Waals surface area contributed by atoms with Crippen LogP contribution >= 0.6 is 0 Å². The molecule has 1 atom stereocenters. The fourth-order valence-electron chi connectivity index (χ4n) is 3.29. The first kappa shape index (κ1) is 17.5. The number of phenols is 1. The SMILES string of the molecule is O=C(NC(Cc1ccccc1)C1(O)CCNCC1)c1ccc(O)cc1. The number of carbonyl (C=O) groups excluding carboxylic acids is 1. The molecule has 0 radical (unpaired) electrons. The summed E-state index contributed by atoms with van der Waals surface area (Å²) in [5.74, 6) is -0.123. The fraction of sp³-hybridized carbons (Fsp3) is 0.350. The van der Waals surface area contributed by atoms with E-state index in [0.29, 0.717) is 24.8 Å². The van der Waals surface area contributed by atoms with Crippen molar-refractivity contribution in [2.45, 2.75) is 30.9 Å². The number of aromatic hydroxyl groups is 1. The molecule has 1 aliphatic rings. The molecular formula is C20H24N2O3. The number of hydrogen-bond acceptors (Lipinski definition) is 4. The van der Waals surface area contributed by atoms with Crippen molar-refractivity contribution in [3.8, 4) is 5.75 Å². The van der Waals surface area contributed by atoms with Crippen molar-refractivity contribution in [1.82, 2.24) is 10.6 Å². The lowest BCUT2D eigenvalue weighted by molar-refractivity contribution is -0.0230. The topological polar surface area (TPSA) is 81.6 Å². The van der Waals surface area contributed by atoms with Crippen LogP contribution < -0.4 is 10.6 Å². The van der Waals surface area contributed by atoms with E-state index in [-0.39, 0.29) is 17.7 Å². The van der Waals surface area contributed by atoms with E-state index in [2.05, 4.69) is 10.6 Å². The fourth-order valence-corrected chi connectivity index (χ4v) is 3.29. The molecule has 0 bridgehead atoms. The summed E-state index contributed by atoms with van der Waals surface area (Å²) in [4.78, 5) is 12.6. The first-order chi connectivity index (χ1) is 12.1. The number of amides is 1. The lowest BCUT2D eigenvalue weighted by Crippen LogP contribution is -2.58. The normalized spacial score (nSPS) is 17.6. The molecule has 1 saturated heterocycles. The molecule has 0 spiro atoms. The van der Waals surface area contributed by atoms with Gasteiger partial charge in [0.1, 0.15) is 5.75 Å². The summed E-state index contributed by atoms with van der Waals surface area (Å²) in [5, 5.41) is 26.8. The van der Waals surface area contributed by atoms with Crippen molar-refractivity contribution in [3.63, 3.8) is 0 Å². The third kappa shape index (κ3) is 4.38. The number of piperidine rings is 1. The van der Waals surface area contributed by atoms with Crippen LogP contribution in [0.4, 0.5) is 0 Å². The molecule has 1 aliphatic heterocycles. The van der Waals surface area contributed by atoms with Gasteiger partial charge < -0.3 is 20.8 Å². The van der Waals surface area contributed by atoms with Gasteiger partial charge in [-0.25, -0.2) is 0 Å². The van der Waals surface area contributed by atoms with E-state index < -0.39 is 5.60 Å². The Morgan fingerprint density at radius 3 is 2.36 bits per heavy atom. The van der Waals surface area contributed by atoms with Gasteiger partial charge in [0.2, 0.25) is 0 Å². The minimum Gasteiger partial charge on any atom is -0.508 e. The largest absolute Gasteiger partial charge is 0.508 e. The Hall–Kier alpha value is -2.37. The summed E-state index contributed by atoms with van der Waals surface area (Å²) in [5.41, 5.74) is 0.604. The highest BCUT2D eigenvalue weighted by atomic mass is 16.3. The summed E-state index contributed by atoms with van der Waals surface area (Å²) >= 11 is 0. The molecule has 0 aromatic heterocycles. The van der Waals surface area contributed by atoms with Gasteiger partial charge in [0.25, 0.3) is 5.91 Å². The number of benzene rings is 2. The van der Waals surface area contributed by atoms with Crippen LogP contribution in [0.25, 0.3) is 0 Å². The highest BCUT2D eigenvalue weighted by molar-refractivity contribution is 5.94. The van der Waals surface area contributed by atoms with Crippen LogP contribution in [0.15, 0.2) is 54.6 Å². The smallest absolute Gasteiger partial charge is 0.251 e. The van der Waals surface area contributed by atoms with Crippen molar-refractivity contribution < 1.29 is 15.0 Å². The van der Waals surface area contributed by atoms with Crippen LogP contribution in [-0.4, -0.2) is 40.9 Å². The molecular weight excluding hydrogens is 316 g/mol. The second-order valence-corrected chi connectivity index (χ2v) is 6.62. The van der Waals surface area contributed by atoms with Gasteiger partial charge in [-0.3, -0.25) is 4.79 Å².